The minimum absolute atomic E-state index is 0.0424. The fraction of sp³-hybridized carbons (Fsp3) is 0.231. The molecule has 0 radical (unpaired) electrons. The second-order valence-electron chi connectivity index (χ2n) is 4.53. The molecule has 0 amide bonds. The third-order valence-corrected chi connectivity index (χ3v) is 6.64. The van der Waals surface area contributed by atoms with Crippen molar-refractivity contribution < 1.29 is 12.8 Å². The molecule has 20 heavy (non-hydrogen) atoms. The molecule has 1 aliphatic heterocycles. The quantitative estimate of drug-likeness (QED) is 0.847. The monoisotopic (exact) mass is 331 g/mol. The molecule has 7 heteroatoms. The summed E-state index contributed by atoms with van der Waals surface area (Å²) < 4.78 is 39.6. The highest BCUT2D eigenvalue weighted by atomic mass is 35.5. The van der Waals surface area contributed by atoms with Crippen molar-refractivity contribution in [1.82, 2.24) is 4.31 Å². The zero-order chi connectivity index (χ0) is 14.3. The molecule has 0 atom stereocenters. The Balaban J connectivity index is 1.97. The van der Waals surface area contributed by atoms with Gasteiger partial charge in [-0.3, -0.25) is 0 Å². The van der Waals surface area contributed by atoms with E-state index >= 15 is 0 Å². The molecule has 0 unspecified atom stereocenters. The van der Waals surface area contributed by atoms with Gasteiger partial charge in [-0.2, -0.15) is 4.31 Å². The first-order chi connectivity index (χ1) is 9.48. The van der Waals surface area contributed by atoms with E-state index in [9.17, 15) is 12.8 Å². The van der Waals surface area contributed by atoms with E-state index in [1.54, 1.807) is 11.3 Å². The van der Waals surface area contributed by atoms with Gasteiger partial charge >= 0.3 is 0 Å². The van der Waals surface area contributed by atoms with Gasteiger partial charge < -0.3 is 0 Å². The molecule has 0 spiro atoms. The lowest BCUT2D eigenvalue weighted by Crippen LogP contribution is -2.35. The number of hydrogen-bond donors (Lipinski definition) is 0. The summed E-state index contributed by atoms with van der Waals surface area (Å²) in [4.78, 5) is 1.18. The highest BCUT2D eigenvalue weighted by molar-refractivity contribution is 7.89. The normalized spacial score (nSPS) is 16.1. The molecule has 3 rings (SSSR count). The molecule has 0 aliphatic carbocycles. The van der Waals surface area contributed by atoms with Gasteiger partial charge in [0.1, 0.15) is 10.7 Å². The standard InChI is InChI=1S/C13H11ClFNO2S2/c14-11-7-10(15)1-2-13(11)20(17,18)16-5-3-12-9(8-16)4-6-19-12/h1-2,4,6-7H,3,5,8H2. The summed E-state index contributed by atoms with van der Waals surface area (Å²) in [7, 11) is -3.69. The lowest BCUT2D eigenvalue weighted by Gasteiger charge is -2.26. The Bertz CT molecular complexity index is 757. The van der Waals surface area contributed by atoms with Gasteiger partial charge in [-0.15, -0.1) is 11.3 Å². The first kappa shape index (κ1) is 14.0. The van der Waals surface area contributed by atoms with Crippen LogP contribution in [0.2, 0.25) is 5.02 Å². The van der Waals surface area contributed by atoms with Crippen molar-refractivity contribution in [2.45, 2.75) is 17.9 Å². The zero-order valence-corrected chi connectivity index (χ0v) is 12.7. The predicted octanol–water partition coefficient (Wildman–Crippen LogP) is 3.29. The second-order valence-corrected chi connectivity index (χ2v) is 7.85. The molecule has 1 aromatic carbocycles. The Morgan fingerprint density at radius 1 is 1.30 bits per heavy atom. The second kappa shape index (κ2) is 5.11. The van der Waals surface area contributed by atoms with E-state index in [0.717, 1.165) is 17.7 Å². The van der Waals surface area contributed by atoms with Crippen LogP contribution >= 0.6 is 22.9 Å². The average Bonchev–Trinajstić information content (AvgIpc) is 2.85. The lowest BCUT2D eigenvalue weighted by molar-refractivity contribution is 0.394. The van der Waals surface area contributed by atoms with Crippen LogP contribution in [0.1, 0.15) is 10.4 Å². The summed E-state index contributed by atoms with van der Waals surface area (Å²) in [5.41, 5.74) is 1.03. The van der Waals surface area contributed by atoms with Gasteiger partial charge in [0.15, 0.2) is 0 Å². The first-order valence-corrected chi connectivity index (χ1v) is 8.69. The number of hydrogen-bond acceptors (Lipinski definition) is 3. The predicted molar refractivity (Wildman–Crippen MR) is 77.0 cm³/mol. The Kier molecular flexibility index (Phi) is 3.58. The molecule has 106 valence electrons. The van der Waals surface area contributed by atoms with Crippen molar-refractivity contribution in [3.05, 3.63) is 50.9 Å². The molecular formula is C13H11ClFNO2S2. The van der Waals surface area contributed by atoms with E-state index in [4.69, 9.17) is 11.6 Å². The van der Waals surface area contributed by atoms with Crippen LogP contribution in [0.25, 0.3) is 0 Å². The van der Waals surface area contributed by atoms with Crippen molar-refractivity contribution in [2.24, 2.45) is 0 Å². The molecule has 0 saturated heterocycles. The summed E-state index contributed by atoms with van der Waals surface area (Å²) in [6.07, 6.45) is 0.699. The topological polar surface area (TPSA) is 37.4 Å². The minimum atomic E-state index is -3.69. The van der Waals surface area contributed by atoms with E-state index in [1.165, 1.54) is 15.2 Å². The maximum absolute atomic E-state index is 13.0. The number of fused-ring (bicyclic) bond motifs is 1. The van der Waals surface area contributed by atoms with Gasteiger partial charge in [0.2, 0.25) is 10.0 Å². The van der Waals surface area contributed by atoms with Crippen LogP contribution in [0.5, 0.6) is 0 Å². The third-order valence-electron chi connectivity index (χ3n) is 3.28. The highest BCUT2D eigenvalue weighted by Gasteiger charge is 2.30. The SMILES string of the molecule is O=S(=O)(c1ccc(F)cc1Cl)N1CCc2sccc2C1. The Morgan fingerprint density at radius 2 is 2.10 bits per heavy atom. The van der Waals surface area contributed by atoms with Crippen molar-refractivity contribution in [2.75, 3.05) is 6.54 Å². The number of nitrogens with zero attached hydrogens (tertiary/aromatic N) is 1. The van der Waals surface area contributed by atoms with Gasteiger partial charge in [-0.25, -0.2) is 12.8 Å². The number of thiophene rings is 1. The minimum Gasteiger partial charge on any atom is -0.207 e. The van der Waals surface area contributed by atoms with E-state index in [1.807, 2.05) is 11.4 Å². The number of sulfonamides is 1. The first-order valence-electron chi connectivity index (χ1n) is 5.99. The van der Waals surface area contributed by atoms with Crippen molar-refractivity contribution in [3.63, 3.8) is 0 Å². The lowest BCUT2D eigenvalue weighted by atomic mass is 10.1. The zero-order valence-electron chi connectivity index (χ0n) is 10.3. The van der Waals surface area contributed by atoms with Crippen LogP contribution in [0.4, 0.5) is 4.39 Å². The maximum Gasteiger partial charge on any atom is 0.244 e. The molecule has 3 nitrogen and oxygen atoms in total. The molecule has 2 heterocycles. The molecule has 0 N–H and O–H groups in total. The highest BCUT2D eigenvalue weighted by Crippen LogP contribution is 2.31. The van der Waals surface area contributed by atoms with Gasteiger partial charge in [-0.05, 0) is 41.6 Å². The van der Waals surface area contributed by atoms with Gasteiger partial charge in [0.25, 0.3) is 0 Å². The van der Waals surface area contributed by atoms with Crippen LogP contribution in [-0.2, 0) is 23.0 Å². The fourth-order valence-corrected chi connectivity index (χ4v) is 5.06. The smallest absolute Gasteiger partial charge is 0.207 e. The third kappa shape index (κ3) is 2.37. The summed E-state index contributed by atoms with van der Waals surface area (Å²) in [6.45, 7) is 0.762. The summed E-state index contributed by atoms with van der Waals surface area (Å²) in [6, 6.07) is 5.29. The van der Waals surface area contributed by atoms with Crippen LogP contribution in [0.15, 0.2) is 34.5 Å². The molecule has 0 fully saturated rings. The summed E-state index contributed by atoms with van der Waals surface area (Å²) in [5.74, 6) is -0.548. The molecule has 2 aromatic rings. The Hall–Kier alpha value is -0.950. The van der Waals surface area contributed by atoms with E-state index in [-0.39, 0.29) is 9.92 Å². The van der Waals surface area contributed by atoms with Gasteiger partial charge in [0, 0.05) is 18.0 Å². The maximum atomic E-state index is 13.0. The summed E-state index contributed by atoms with van der Waals surface area (Å²) >= 11 is 7.51. The van der Waals surface area contributed by atoms with Crippen molar-refractivity contribution >= 4 is 33.0 Å². The van der Waals surface area contributed by atoms with Crippen LogP contribution in [-0.4, -0.2) is 19.3 Å². The Morgan fingerprint density at radius 3 is 2.85 bits per heavy atom. The largest absolute Gasteiger partial charge is 0.244 e. The van der Waals surface area contributed by atoms with Gasteiger partial charge in [-0.1, -0.05) is 11.6 Å². The van der Waals surface area contributed by atoms with Crippen LogP contribution in [0.3, 0.4) is 0 Å². The number of rotatable bonds is 2. The number of benzene rings is 1. The molecular weight excluding hydrogens is 321 g/mol. The van der Waals surface area contributed by atoms with Crippen molar-refractivity contribution in [3.8, 4) is 0 Å². The van der Waals surface area contributed by atoms with Crippen LogP contribution < -0.4 is 0 Å². The van der Waals surface area contributed by atoms with E-state index in [0.29, 0.717) is 19.5 Å². The average molecular weight is 332 g/mol. The fourth-order valence-electron chi connectivity index (χ4n) is 2.25. The molecule has 1 aliphatic rings. The van der Waals surface area contributed by atoms with Crippen LogP contribution in [0, 0.1) is 5.82 Å². The number of halogens is 2. The Labute approximate surface area is 125 Å². The molecule has 0 bridgehead atoms. The van der Waals surface area contributed by atoms with E-state index in [2.05, 4.69) is 0 Å². The van der Waals surface area contributed by atoms with Crippen molar-refractivity contribution in [1.29, 1.82) is 0 Å². The summed E-state index contributed by atoms with van der Waals surface area (Å²) in [5, 5.41) is 1.88. The van der Waals surface area contributed by atoms with E-state index < -0.39 is 15.8 Å². The molecule has 0 saturated carbocycles. The molecule has 1 aromatic heterocycles. The van der Waals surface area contributed by atoms with Gasteiger partial charge in [0.05, 0.1) is 5.02 Å².